The second-order valence-electron chi connectivity index (χ2n) is 3.40. The van der Waals surface area contributed by atoms with Crippen molar-refractivity contribution in [1.29, 1.82) is 0 Å². The van der Waals surface area contributed by atoms with Crippen molar-refractivity contribution in [2.45, 2.75) is 12.5 Å². The number of aromatic hydroxyl groups is 1. The lowest BCUT2D eigenvalue weighted by Crippen LogP contribution is -2.26. The van der Waals surface area contributed by atoms with E-state index in [1.54, 1.807) is 4.98 Å². The van der Waals surface area contributed by atoms with E-state index < -0.39 is 47.1 Å². The average Bonchev–Trinajstić information content (AvgIpc) is 2.25. The molecule has 19 heavy (non-hydrogen) atoms. The molecule has 0 unspecified atom stereocenters. The van der Waals surface area contributed by atoms with Gasteiger partial charge in [-0.3, -0.25) is 24.5 Å². The number of aromatic amines is 2. The Balaban J connectivity index is 3.09. The molecule has 0 fully saturated rings. The van der Waals surface area contributed by atoms with Gasteiger partial charge in [-0.15, -0.1) is 0 Å². The van der Waals surface area contributed by atoms with E-state index in [-0.39, 0.29) is 0 Å². The van der Waals surface area contributed by atoms with E-state index in [4.69, 9.17) is 10.2 Å². The monoisotopic (exact) mass is 271 g/mol. The Morgan fingerprint density at radius 3 is 2.37 bits per heavy atom. The summed E-state index contributed by atoms with van der Waals surface area (Å²) in [5.41, 5.74) is -2.40. The molecule has 0 saturated heterocycles. The van der Waals surface area contributed by atoms with Crippen LogP contribution in [0.25, 0.3) is 0 Å². The van der Waals surface area contributed by atoms with Crippen LogP contribution in [-0.4, -0.2) is 49.5 Å². The van der Waals surface area contributed by atoms with Crippen LogP contribution in [-0.2, 0) is 9.59 Å². The fourth-order valence-corrected chi connectivity index (χ4v) is 1.14. The number of hydrogen-bond acceptors (Lipinski definition) is 6. The van der Waals surface area contributed by atoms with Crippen molar-refractivity contribution in [3.05, 3.63) is 26.4 Å². The van der Waals surface area contributed by atoms with Gasteiger partial charge < -0.3 is 15.3 Å². The molecule has 0 aliphatic carbocycles. The first kappa shape index (κ1) is 14.2. The van der Waals surface area contributed by atoms with Crippen LogP contribution >= 0.6 is 0 Å². The van der Waals surface area contributed by atoms with Crippen LogP contribution in [0.3, 0.4) is 0 Å². The van der Waals surface area contributed by atoms with Gasteiger partial charge in [0.15, 0.2) is 6.04 Å². The van der Waals surface area contributed by atoms with Gasteiger partial charge in [-0.1, -0.05) is 0 Å². The van der Waals surface area contributed by atoms with E-state index in [9.17, 15) is 24.3 Å². The Labute approximate surface area is 104 Å². The molecular weight excluding hydrogens is 262 g/mol. The van der Waals surface area contributed by atoms with Crippen molar-refractivity contribution < 1.29 is 24.9 Å². The van der Waals surface area contributed by atoms with Crippen LogP contribution in [0.2, 0.25) is 0 Å². The first-order chi connectivity index (χ1) is 8.81. The number of nitrogens with one attached hydrogen (secondary N) is 2. The molecule has 1 atom stereocenters. The highest BCUT2D eigenvalue weighted by molar-refractivity contribution is 5.86. The van der Waals surface area contributed by atoms with Crippen molar-refractivity contribution in [2.24, 2.45) is 4.99 Å². The molecule has 0 spiro atoms. The van der Waals surface area contributed by atoms with E-state index in [0.717, 1.165) is 0 Å². The van der Waals surface area contributed by atoms with Gasteiger partial charge in [-0.05, 0) is 0 Å². The van der Waals surface area contributed by atoms with E-state index >= 15 is 0 Å². The maximum Gasteiger partial charge on any atom is 0.329 e. The fraction of sp³-hybridized carbons (Fsp3) is 0.222. The largest absolute Gasteiger partial charge is 0.494 e. The third-order valence-electron chi connectivity index (χ3n) is 2.00. The highest BCUT2D eigenvalue weighted by atomic mass is 16.4. The normalized spacial score (nSPS) is 12.4. The quantitative estimate of drug-likeness (QED) is 0.389. The van der Waals surface area contributed by atoms with Crippen molar-refractivity contribution in [3.63, 3.8) is 0 Å². The molecule has 0 bridgehead atoms. The molecule has 0 aliphatic rings. The highest BCUT2D eigenvalue weighted by Gasteiger charge is 2.19. The SMILES string of the molecule is O=C(O)C[C@H](N=Cc1c(O)[nH]c(=O)[nH]c1=O)C(=O)O. The summed E-state index contributed by atoms with van der Waals surface area (Å²) in [4.78, 5) is 50.2. The predicted molar refractivity (Wildman–Crippen MR) is 60.6 cm³/mol. The Morgan fingerprint density at radius 2 is 1.89 bits per heavy atom. The van der Waals surface area contributed by atoms with Crippen LogP contribution in [0.1, 0.15) is 12.0 Å². The second-order valence-corrected chi connectivity index (χ2v) is 3.40. The van der Waals surface area contributed by atoms with Gasteiger partial charge in [0.25, 0.3) is 5.56 Å². The number of nitrogens with zero attached hydrogens (tertiary/aromatic N) is 1. The minimum atomic E-state index is -1.61. The molecule has 0 amide bonds. The number of hydrogen-bond donors (Lipinski definition) is 5. The lowest BCUT2D eigenvalue weighted by Gasteiger charge is -2.03. The first-order valence-electron chi connectivity index (χ1n) is 4.84. The third kappa shape index (κ3) is 3.80. The number of aliphatic carboxylic acids is 2. The zero-order valence-electron chi connectivity index (χ0n) is 9.28. The summed E-state index contributed by atoms with van der Waals surface area (Å²) in [7, 11) is 0. The molecule has 1 aromatic heterocycles. The molecule has 10 heteroatoms. The Kier molecular flexibility index (Phi) is 4.19. The van der Waals surface area contributed by atoms with Crippen LogP contribution in [0.4, 0.5) is 0 Å². The molecule has 1 heterocycles. The molecule has 0 aromatic carbocycles. The number of aromatic nitrogens is 2. The minimum absolute atomic E-state index is 0.476. The summed E-state index contributed by atoms with van der Waals surface area (Å²) >= 11 is 0. The maximum absolute atomic E-state index is 11.3. The number of carbonyl (C=O) groups is 2. The van der Waals surface area contributed by atoms with Gasteiger partial charge in [0, 0.05) is 6.21 Å². The maximum atomic E-state index is 11.3. The Morgan fingerprint density at radius 1 is 1.26 bits per heavy atom. The van der Waals surface area contributed by atoms with Crippen LogP contribution in [0.15, 0.2) is 14.6 Å². The summed E-state index contributed by atoms with van der Waals surface area (Å²) in [6.45, 7) is 0. The molecule has 1 aromatic rings. The predicted octanol–water partition coefficient (Wildman–Crippen LogP) is -1.88. The Hall–Kier alpha value is -2.91. The van der Waals surface area contributed by atoms with E-state index in [2.05, 4.69) is 4.99 Å². The van der Waals surface area contributed by atoms with E-state index in [1.807, 2.05) is 4.98 Å². The van der Waals surface area contributed by atoms with Crippen molar-refractivity contribution in [2.75, 3.05) is 0 Å². The highest BCUT2D eigenvalue weighted by Crippen LogP contribution is 2.04. The van der Waals surface area contributed by atoms with Crippen molar-refractivity contribution in [1.82, 2.24) is 9.97 Å². The standard InChI is InChI=1S/C9H9N3O7/c13-5(14)1-4(8(17)18)10-2-3-6(15)11-9(19)12-7(3)16/h2,4H,1H2,(H,13,14)(H,17,18)(H3,11,12,15,16,19)/t4-/m0/s1. The first-order valence-corrected chi connectivity index (χ1v) is 4.84. The van der Waals surface area contributed by atoms with Crippen LogP contribution in [0, 0.1) is 0 Å². The second kappa shape index (κ2) is 5.62. The average molecular weight is 271 g/mol. The zero-order chi connectivity index (χ0) is 14.6. The van der Waals surface area contributed by atoms with Gasteiger partial charge in [-0.2, -0.15) is 0 Å². The summed E-state index contributed by atoms with van der Waals surface area (Å²) < 4.78 is 0. The molecule has 102 valence electrons. The number of rotatable bonds is 5. The fourth-order valence-electron chi connectivity index (χ4n) is 1.14. The van der Waals surface area contributed by atoms with E-state index in [1.165, 1.54) is 0 Å². The van der Waals surface area contributed by atoms with Crippen LogP contribution in [0.5, 0.6) is 5.88 Å². The van der Waals surface area contributed by atoms with Gasteiger partial charge in [0.2, 0.25) is 5.88 Å². The number of carboxylic acid groups (broad SMARTS) is 2. The van der Waals surface area contributed by atoms with E-state index in [0.29, 0.717) is 6.21 Å². The number of aliphatic imine (C=N–C) groups is 1. The molecular formula is C9H9N3O7. The molecule has 0 radical (unpaired) electrons. The van der Waals surface area contributed by atoms with Crippen LogP contribution < -0.4 is 11.2 Å². The smallest absolute Gasteiger partial charge is 0.329 e. The summed E-state index contributed by atoms with van der Waals surface area (Å²) in [5.74, 6) is -3.68. The van der Waals surface area contributed by atoms with Crippen molar-refractivity contribution in [3.8, 4) is 5.88 Å². The summed E-state index contributed by atoms with van der Waals surface area (Å²) in [5, 5.41) is 26.4. The molecule has 0 saturated carbocycles. The van der Waals surface area contributed by atoms with Gasteiger partial charge >= 0.3 is 17.6 Å². The summed E-state index contributed by atoms with van der Waals surface area (Å²) in [6, 6.07) is -1.61. The van der Waals surface area contributed by atoms with Crippen molar-refractivity contribution >= 4 is 18.2 Å². The Bertz CT molecular complexity index is 642. The minimum Gasteiger partial charge on any atom is -0.494 e. The summed E-state index contributed by atoms with van der Waals surface area (Å²) in [6.07, 6.45) is -0.0975. The number of carboxylic acids is 2. The number of H-pyrrole nitrogens is 2. The van der Waals surface area contributed by atoms with Gasteiger partial charge in [-0.25, -0.2) is 9.59 Å². The van der Waals surface area contributed by atoms with Gasteiger partial charge in [0.1, 0.15) is 5.56 Å². The topological polar surface area (TPSA) is 173 Å². The van der Waals surface area contributed by atoms with Gasteiger partial charge in [0.05, 0.1) is 6.42 Å². The molecule has 10 nitrogen and oxygen atoms in total. The molecule has 5 N–H and O–H groups in total. The third-order valence-corrected chi connectivity index (χ3v) is 2.00. The molecule has 0 aliphatic heterocycles. The lowest BCUT2D eigenvalue weighted by atomic mass is 10.2. The lowest BCUT2D eigenvalue weighted by molar-refractivity contribution is -0.144. The zero-order valence-corrected chi connectivity index (χ0v) is 9.28. The molecule has 1 rings (SSSR count).